The molecule has 110 valence electrons. The van der Waals surface area contributed by atoms with Crippen molar-refractivity contribution >= 4 is 17.7 Å². The Morgan fingerprint density at radius 3 is 2.80 bits per heavy atom. The molecule has 0 saturated carbocycles. The number of carbonyl (C=O) groups excluding carboxylic acids is 1. The molecule has 1 aromatic rings. The third-order valence-corrected chi connectivity index (χ3v) is 4.87. The molecule has 20 heavy (non-hydrogen) atoms. The highest BCUT2D eigenvalue weighted by atomic mass is 32.2. The summed E-state index contributed by atoms with van der Waals surface area (Å²) < 4.78 is 0. The summed E-state index contributed by atoms with van der Waals surface area (Å²) in [5.41, 5.74) is 1.23. The van der Waals surface area contributed by atoms with Crippen LogP contribution in [-0.2, 0) is 4.79 Å². The summed E-state index contributed by atoms with van der Waals surface area (Å²) in [6.45, 7) is 5.41. The molecule has 1 heterocycles. The van der Waals surface area contributed by atoms with Crippen LogP contribution in [-0.4, -0.2) is 40.9 Å². The number of aliphatic hydroxyl groups is 1. The van der Waals surface area contributed by atoms with Crippen LogP contribution in [0.15, 0.2) is 29.2 Å². The third kappa shape index (κ3) is 4.25. The average Bonchev–Trinajstić information content (AvgIpc) is 2.46. The lowest BCUT2D eigenvalue weighted by Crippen LogP contribution is -2.43. The number of hydrogen-bond acceptors (Lipinski definition) is 3. The molecule has 0 aromatic heterocycles. The van der Waals surface area contributed by atoms with Crippen molar-refractivity contribution in [2.75, 3.05) is 18.8 Å². The molecule has 0 spiro atoms. The quantitative estimate of drug-likeness (QED) is 0.868. The summed E-state index contributed by atoms with van der Waals surface area (Å²) in [5.74, 6) is 0.897. The number of likely N-dealkylation sites (tertiary alicyclic amines) is 1. The van der Waals surface area contributed by atoms with Gasteiger partial charge in [-0.2, -0.15) is 0 Å². The number of rotatable bonds is 4. The molecule has 1 amide bonds. The number of thioether (sulfide) groups is 1. The predicted molar refractivity (Wildman–Crippen MR) is 82.9 cm³/mol. The molecule has 1 aliphatic rings. The first kappa shape index (κ1) is 15.4. The molecule has 4 heteroatoms. The lowest BCUT2D eigenvalue weighted by molar-refractivity contribution is -0.130. The Kier molecular flexibility index (Phi) is 5.49. The van der Waals surface area contributed by atoms with Gasteiger partial charge >= 0.3 is 0 Å². The molecule has 0 radical (unpaired) electrons. The maximum absolute atomic E-state index is 12.2. The van der Waals surface area contributed by atoms with Crippen LogP contribution in [0.25, 0.3) is 0 Å². The highest BCUT2D eigenvalue weighted by molar-refractivity contribution is 8.00. The largest absolute Gasteiger partial charge is 0.393 e. The van der Waals surface area contributed by atoms with Crippen molar-refractivity contribution in [1.82, 2.24) is 4.90 Å². The molecular formula is C16H23NO2S. The first-order valence-corrected chi connectivity index (χ1v) is 8.20. The molecule has 2 atom stereocenters. The van der Waals surface area contributed by atoms with E-state index in [1.165, 1.54) is 5.56 Å². The highest BCUT2D eigenvalue weighted by Gasteiger charge is 2.26. The first-order chi connectivity index (χ1) is 9.56. The van der Waals surface area contributed by atoms with E-state index in [-0.39, 0.29) is 17.9 Å². The molecule has 2 unspecified atom stereocenters. The van der Waals surface area contributed by atoms with Crippen LogP contribution in [0.2, 0.25) is 0 Å². The van der Waals surface area contributed by atoms with Gasteiger partial charge in [0.15, 0.2) is 0 Å². The molecule has 1 N–H and O–H groups in total. The fraction of sp³-hybridized carbons (Fsp3) is 0.562. The summed E-state index contributed by atoms with van der Waals surface area (Å²) in [4.78, 5) is 15.3. The summed E-state index contributed by atoms with van der Waals surface area (Å²) in [5, 5.41) is 9.67. The van der Waals surface area contributed by atoms with E-state index in [1.807, 2.05) is 11.8 Å². The van der Waals surface area contributed by atoms with Gasteiger partial charge in [0.25, 0.3) is 0 Å². The van der Waals surface area contributed by atoms with Gasteiger partial charge in [-0.3, -0.25) is 4.79 Å². The van der Waals surface area contributed by atoms with Crippen molar-refractivity contribution in [1.29, 1.82) is 0 Å². The van der Waals surface area contributed by atoms with Gasteiger partial charge in [0.1, 0.15) is 0 Å². The minimum Gasteiger partial charge on any atom is -0.393 e. The molecular weight excluding hydrogens is 270 g/mol. The molecule has 0 aliphatic carbocycles. The van der Waals surface area contributed by atoms with Crippen molar-refractivity contribution in [2.24, 2.45) is 5.92 Å². The molecule has 0 bridgehead atoms. The fourth-order valence-corrected chi connectivity index (χ4v) is 3.30. The van der Waals surface area contributed by atoms with E-state index in [0.717, 1.165) is 24.3 Å². The number of aryl methyl sites for hydroxylation is 1. The molecule has 1 aliphatic heterocycles. The van der Waals surface area contributed by atoms with Crippen molar-refractivity contribution in [3.63, 3.8) is 0 Å². The average molecular weight is 293 g/mol. The number of piperidine rings is 1. The number of hydrogen-bond donors (Lipinski definition) is 1. The Hall–Kier alpha value is -1.00. The number of nitrogens with zero attached hydrogens (tertiary/aromatic N) is 1. The van der Waals surface area contributed by atoms with Crippen LogP contribution in [0.5, 0.6) is 0 Å². The fourth-order valence-electron chi connectivity index (χ4n) is 2.50. The van der Waals surface area contributed by atoms with Crippen molar-refractivity contribution < 1.29 is 9.90 Å². The van der Waals surface area contributed by atoms with Gasteiger partial charge in [-0.15, -0.1) is 11.8 Å². The van der Waals surface area contributed by atoms with Crippen LogP contribution in [0, 0.1) is 12.8 Å². The smallest absolute Gasteiger partial charge is 0.232 e. The van der Waals surface area contributed by atoms with E-state index >= 15 is 0 Å². The number of amides is 1. The monoisotopic (exact) mass is 293 g/mol. The summed E-state index contributed by atoms with van der Waals surface area (Å²) in [6.07, 6.45) is 1.69. The number of carbonyl (C=O) groups is 1. The Morgan fingerprint density at radius 1 is 1.45 bits per heavy atom. The number of aliphatic hydroxyl groups excluding tert-OH is 1. The second-order valence-corrected chi connectivity index (χ2v) is 6.63. The van der Waals surface area contributed by atoms with Crippen LogP contribution >= 0.6 is 11.8 Å². The van der Waals surface area contributed by atoms with Gasteiger partial charge in [0.05, 0.1) is 11.9 Å². The van der Waals surface area contributed by atoms with Gasteiger partial charge in [-0.1, -0.05) is 17.7 Å². The lowest BCUT2D eigenvalue weighted by Gasteiger charge is -2.34. The second kappa shape index (κ2) is 7.14. The van der Waals surface area contributed by atoms with E-state index in [1.54, 1.807) is 11.8 Å². The lowest BCUT2D eigenvalue weighted by atomic mass is 9.93. The first-order valence-electron chi connectivity index (χ1n) is 7.21. The maximum atomic E-state index is 12.2. The molecule has 1 saturated heterocycles. The minimum atomic E-state index is -0.324. The maximum Gasteiger partial charge on any atom is 0.232 e. The van der Waals surface area contributed by atoms with Gasteiger partial charge < -0.3 is 10.0 Å². The van der Waals surface area contributed by atoms with Gasteiger partial charge in [0, 0.05) is 23.9 Å². The van der Waals surface area contributed by atoms with Crippen LogP contribution < -0.4 is 0 Å². The Bertz CT molecular complexity index is 444. The molecule has 3 nitrogen and oxygen atoms in total. The SMILES string of the molecule is Cc1ccc(SCC(=O)N2CCCC(C(C)O)C2)cc1. The van der Waals surface area contributed by atoms with Crippen LogP contribution in [0.3, 0.4) is 0 Å². The van der Waals surface area contributed by atoms with E-state index in [0.29, 0.717) is 12.3 Å². The molecule has 1 fully saturated rings. The standard InChI is InChI=1S/C16H23NO2S/c1-12-5-7-15(8-6-12)20-11-16(19)17-9-3-4-14(10-17)13(2)18/h5-8,13-14,18H,3-4,9-11H2,1-2H3. The summed E-state index contributed by atoms with van der Waals surface area (Å²) >= 11 is 1.59. The zero-order chi connectivity index (χ0) is 14.5. The van der Waals surface area contributed by atoms with E-state index < -0.39 is 0 Å². The van der Waals surface area contributed by atoms with E-state index in [2.05, 4.69) is 31.2 Å². The van der Waals surface area contributed by atoms with Crippen LogP contribution in [0.1, 0.15) is 25.3 Å². The Morgan fingerprint density at radius 2 is 2.15 bits per heavy atom. The predicted octanol–water partition coefficient (Wildman–Crippen LogP) is 2.71. The molecule has 1 aromatic carbocycles. The van der Waals surface area contributed by atoms with E-state index in [4.69, 9.17) is 0 Å². The van der Waals surface area contributed by atoms with Crippen molar-refractivity contribution in [3.05, 3.63) is 29.8 Å². The van der Waals surface area contributed by atoms with Gasteiger partial charge in [-0.25, -0.2) is 0 Å². The van der Waals surface area contributed by atoms with Gasteiger partial charge in [-0.05, 0) is 38.8 Å². The van der Waals surface area contributed by atoms with Crippen molar-refractivity contribution in [3.8, 4) is 0 Å². The van der Waals surface area contributed by atoms with Crippen molar-refractivity contribution in [2.45, 2.75) is 37.7 Å². The number of benzene rings is 1. The second-order valence-electron chi connectivity index (χ2n) is 5.58. The Balaban J connectivity index is 1.83. The zero-order valence-corrected chi connectivity index (χ0v) is 13.0. The molecule has 2 rings (SSSR count). The van der Waals surface area contributed by atoms with Crippen LogP contribution in [0.4, 0.5) is 0 Å². The normalized spacial score (nSPS) is 20.8. The third-order valence-electron chi connectivity index (χ3n) is 3.88. The Labute approximate surface area is 125 Å². The van der Waals surface area contributed by atoms with E-state index in [9.17, 15) is 9.90 Å². The van der Waals surface area contributed by atoms with Gasteiger partial charge in [0.2, 0.25) is 5.91 Å². The zero-order valence-electron chi connectivity index (χ0n) is 12.2. The summed E-state index contributed by atoms with van der Waals surface area (Å²) in [6, 6.07) is 8.25. The minimum absolute atomic E-state index is 0.181. The summed E-state index contributed by atoms with van der Waals surface area (Å²) in [7, 11) is 0. The topological polar surface area (TPSA) is 40.5 Å². The highest BCUT2D eigenvalue weighted by Crippen LogP contribution is 2.22.